The number of carbonyl (C=O) groups is 2. The monoisotopic (exact) mass is 480 g/mol. The highest BCUT2D eigenvalue weighted by molar-refractivity contribution is 5.99. The second-order valence-corrected chi connectivity index (χ2v) is 8.97. The number of ether oxygens (including phenoxy) is 3. The lowest BCUT2D eigenvalue weighted by atomic mass is 9.98. The SMILES string of the molecule is COC(=O)c1ccccc1-c1cc(F)cc(N(C(=O)OC(C)(C)C)c2ncc(C)c(OC)c2C)c1. The Balaban J connectivity index is 2.26. The predicted octanol–water partition coefficient (Wildman–Crippen LogP) is 6.37. The number of methoxy groups -OCH3 is 2. The lowest BCUT2D eigenvalue weighted by Gasteiger charge is -2.28. The van der Waals surface area contributed by atoms with Gasteiger partial charge in [-0.2, -0.15) is 0 Å². The molecule has 1 amide bonds. The fourth-order valence-corrected chi connectivity index (χ4v) is 3.75. The van der Waals surface area contributed by atoms with E-state index in [4.69, 9.17) is 14.2 Å². The van der Waals surface area contributed by atoms with Crippen LogP contribution < -0.4 is 9.64 Å². The summed E-state index contributed by atoms with van der Waals surface area (Å²) in [5.41, 5.74) is 1.83. The van der Waals surface area contributed by atoms with Gasteiger partial charge in [0, 0.05) is 17.3 Å². The molecular weight excluding hydrogens is 451 g/mol. The van der Waals surface area contributed by atoms with Crippen molar-refractivity contribution in [3.8, 4) is 16.9 Å². The van der Waals surface area contributed by atoms with E-state index >= 15 is 0 Å². The number of hydrogen-bond donors (Lipinski definition) is 0. The molecule has 184 valence electrons. The molecule has 35 heavy (non-hydrogen) atoms. The topological polar surface area (TPSA) is 78.0 Å². The average Bonchev–Trinajstić information content (AvgIpc) is 2.79. The average molecular weight is 481 g/mol. The van der Waals surface area contributed by atoms with Crippen LogP contribution in [0.25, 0.3) is 11.1 Å². The smallest absolute Gasteiger partial charge is 0.420 e. The highest BCUT2D eigenvalue weighted by Crippen LogP contribution is 2.37. The first-order valence-electron chi connectivity index (χ1n) is 11.0. The Kier molecular flexibility index (Phi) is 7.43. The van der Waals surface area contributed by atoms with Gasteiger partial charge >= 0.3 is 12.1 Å². The van der Waals surface area contributed by atoms with Crippen LogP contribution in [-0.4, -0.2) is 36.9 Å². The van der Waals surface area contributed by atoms with Gasteiger partial charge in [0.25, 0.3) is 0 Å². The summed E-state index contributed by atoms with van der Waals surface area (Å²) in [6.07, 6.45) is 0.836. The van der Waals surface area contributed by atoms with Crippen LogP contribution in [0.1, 0.15) is 42.3 Å². The molecule has 1 heterocycles. The number of halogens is 1. The molecule has 7 nitrogen and oxygen atoms in total. The number of anilines is 2. The van der Waals surface area contributed by atoms with Gasteiger partial charge in [-0.15, -0.1) is 0 Å². The molecule has 3 aromatic rings. The molecule has 0 fully saturated rings. The predicted molar refractivity (Wildman–Crippen MR) is 132 cm³/mol. The highest BCUT2D eigenvalue weighted by atomic mass is 19.1. The zero-order valence-corrected chi connectivity index (χ0v) is 20.9. The van der Waals surface area contributed by atoms with Crippen LogP contribution in [0.4, 0.5) is 20.7 Å². The molecule has 0 bridgehead atoms. The molecule has 0 unspecified atom stereocenters. The molecule has 0 N–H and O–H groups in total. The van der Waals surface area contributed by atoms with Crippen molar-refractivity contribution >= 4 is 23.6 Å². The zero-order valence-electron chi connectivity index (χ0n) is 20.9. The largest absolute Gasteiger partial charge is 0.496 e. The summed E-state index contributed by atoms with van der Waals surface area (Å²) >= 11 is 0. The molecule has 0 aliphatic rings. The van der Waals surface area contributed by atoms with Crippen molar-refractivity contribution < 1.29 is 28.2 Å². The minimum absolute atomic E-state index is 0.176. The number of hydrogen-bond acceptors (Lipinski definition) is 6. The normalized spacial score (nSPS) is 11.1. The van der Waals surface area contributed by atoms with E-state index in [1.165, 1.54) is 31.3 Å². The summed E-state index contributed by atoms with van der Waals surface area (Å²) < 4.78 is 31.0. The van der Waals surface area contributed by atoms with Crippen molar-refractivity contribution in [2.45, 2.75) is 40.2 Å². The molecule has 0 atom stereocenters. The van der Waals surface area contributed by atoms with E-state index < -0.39 is 23.5 Å². The molecule has 0 saturated heterocycles. The zero-order chi connectivity index (χ0) is 25.9. The van der Waals surface area contributed by atoms with E-state index in [1.54, 1.807) is 64.2 Å². The maximum atomic E-state index is 15.0. The van der Waals surface area contributed by atoms with E-state index in [1.807, 2.05) is 6.92 Å². The summed E-state index contributed by atoms with van der Waals surface area (Å²) in [5, 5.41) is 0. The van der Waals surface area contributed by atoms with Crippen LogP contribution in [0.2, 0.25) is 0 Å². The van der Waals surface area contributed by atoms with Crippen molar-refractivity contribution in [2.75, 3.05) is 19.1 Å². The molecule has 1 aromatic heterocycles. The third-order valence-corrected chi connectivity index (χ3v) is 5.19. The van der Waals surface area contributed by atoms with Crippen molar-refractivity contribution in [3.05, 3.63) is 71.2 Å². The number of nitrogens with zero attached hydrogens (tertiary/aromatic N) is 2. The van der Waals surface area contributed by atoms with Crippen molar-refractivity contribution in [1.29, 1.82) is 0 Å². The Morgan fingerprint density at radius 3 is 2.34 bits per heavy atom. The number of amides is 1. The van der Waals surface area contributed by atoms with Crippen LogP contribution in [0.5, 0.6) is 5.75 Å². The quantitative estimate of drug-likeness (QED) is 0.395. The van der Waals surface area contributed by atoms with Crippen molar-refractivity contribution in [3.63, 3.8) is 0 Å². The van der Waals surface area contributed by atoms with Gasteiger partial charge in [-0.3, -0.25) is 0 Å². The van der Waals surface area contributed by atoms with E-state index in [9.17, 15) is 14.0 Å². The molecule has 0 radical (unpaired) electrons. The van der Waals surface area contributed by atoms with Gasteiger partial charge in [-0.05, 0) is 70.0 Å². The Labute approximate surface area is 204 Å². The second-order valence-electron chi connectivity index (χ2n) is 8.97. The standard InChI is InChI=1S/C27H29FN2O5/c1-16-15-29-24(17(2)23(16)33-6)30(26(32)35-27(3,4)5)20-13-18(12-19(28)14-20)21-10-8-9-11-22(21)25(31)34-7/h8-15H,1-7H3. The first-order valence-corrected chi connectivity index (χ1v) is 11.0. The van der Waals surface area contributed by atoms with Crippen LogP contribution in [-0.2, 0) is 9.47 Å². The Morgan fingerprint density at radius 2 is 1.71 bits per heavy atom. The Morgan fingerprint density at radius 1 is 1.03 bits per heavy atom. The third-order valence-electron chi connectivity index (χ3n) is 5.19. The molecular formula is C27H29FN2O5. The van der Waals surface area contributed by atoms with Gasteiger partial charge in [-0.25, -0.2) is 23.9 Å². The lowest BCUT2D eigenvalue weighted by Crippen LogP contribution is -2.35. The second kappa shape index (κ2) is 10.1. The number of benzene rings is 2. The van der Waals surface area contributed by atoms with Crippen LogP contribution in [0.3, 0.4) is 0 Å². The fourth-order valence-electron chi connectivity index (χ4n) is 3.75. The van der Waals surface area contributed by atoms with Crippen molar-refractivity contribution in [2.24, 2.45) is 0 Å². The first-order chi connectivity index (χ1) is 16.5. The van der Waals surface area contributed by atoms with Crippen LogP contribution in [0.15, 0.2) is 48.7 Å². The number of carbonyl (C=O) groups excluding carboxylic acids is 2. The molecule has 0 aliphatic heterocycles. The first kappa shape index (κ1) is 25.7. The number of esters is 1. The summed E-state index contributed by atoms with van der Waals surface area (Å²) in [6.45, 7) is 8.82. The third kappa shape index (κ3) is 5.59. The van der Waals surface area contributed by atoms with Gasteiger partial charge in [0.05, 0.1) is 25.5 Å². The minimum atomic E-state index is -0.814. The molecule has 0 aliphatic carbocycles. The maximum absolute atomic E-state index is 15.0. The summed E-state index contributed by atoms with van der Waals surface area (Å²) in [6, 6.07) is 10.8. The number of pyridine rings is 1. The summed E-state index contributed by atoms with van der Waals surface area (Å²) in [7, 11) is 2.81. The minimum Gasteiger partial charge on any atom is -0.496 e. The summed E-state index contributed by atoms with van der Waals surface area (Å²) in [4.78, 5) is 31.4. The van der Waals surface area contributed by atoms with Gasteiger partial charge in [-0.1, -0.05) is 18.2 Å². The Bertz CT molecular complexity index is 1270. The highest BCUT2D eigenvalue weighted by Gasteiger charge is 2.29. The summed E-state index contributed by atoms with van der Waals surface area (Å²) in [5.74, 6) is -0.380. The molecule has 0 spiro atoms. The van der Waals surface area contributed by atoms with Gasteiger partial charge in [0.2, 0.25) is 0 Å². The van der Waals surface area contributed by atoms with Crippen LogP contribution >= 0.6 is 0 Å². The van der Waals surface area contributed by atoms with Crippen molar-refractivity contribution in [1.82, 2.24) is 4.98 Å². The molecule has 3 rings (SSSR count). The fraction of sp³-hybridized carbons (Fsp3) is 0.296. The van der Waals surface area contributed by atoms with Gasteiger partial charge in [0.15, 0.2) is 0 Å². The molecule has 8 heteroatoms. The Hall–Kier alpha value is -3.94. The van der Waals surface area contributed by atoms with Crippen LogP contribution in [0, 0.1) is 19.7 Å². The number of aromatic nitrogens is 1. The van der Waals surface area contributed by atoms with Gasteiger partial charge < -0.3 is 14.2 Å². The van der Waals surface area contributed by atoms with E-state index in [0.717, 1.165) is 5.56 Å². The van der Waals surface area contributed by atoms with Gasteiger partial charge in [0.1, 0.15) is 23.0 Å². The molecule has 2 aromatic carbocycles. The van der Waals surface area contributed by atoms with E-state index in [0.29, 0.717) is 22.4 Å². The molecule has 0 saturated carbocycles. The number of aryl methyl sites for hydroxylation is 1. The maximum Gasteiger partial charge on any atom is 0.420 e. The van der Waals surface area contributed by atoms with E-state index in [2.05, 4.69) is 4.98 Å². The lowest BCUT2D eigenvalue weighted by molar-refractivity contribution is 0.0589. The number of rotatable bonds is 5. The van der Waals surface area contributed by atoms with E-state index in [-0.39, 0.29) is 17.1 Å².